The zero-order valence-corrected chi connectivity index (χ0v) is 12.4. The van der Waals surface area contributed by atoms with Crippen molar-refractivity contribution in [3.05, 3.63) is 71.7 Å². The Morgan fingerprint density at radius 1 is 1.05 bits per heavy atom. The van der Waals surface area contributed by atoms with Crippen molar-refractivity contribution < 1.29 is 0 Å². The highest BCUT2D eigenvalue weighted by molar-refractivity contribution is 5.82. The highest BCUT2D eigenvalue weighted by Crippen LogP contribution is 2.29. The Morgan fingerprint density at radius 2 is 1.90 bits per heavy atom. The van der Waals surface area contributed by atoms with E-state index in [1.807, 2.05) is 31.7 Å². The number of nitrogens with one attached hydrogen (secondary N) is 1. The topological polar surface area (TPSA) is 37.8 Å². The molecule has 106 valence electrons. The van der Waals surface area contributed by atoms with E-state index in [0.717, 1.165) is 11.9 Å². The van der Waals surface area contributed by atoms with Crippen LogP contribution < -0.4 is 5.32 Å². The van der Waals surface area contributed by atoms with E-state index >= 15 is 0 Å². The summed E-state index contributed by atoms with van der Waals surface area (Å²) in [5, 5.41) is 4.60. The van der Waals surface area contributed by atoms with E-state index in [1.54, 1.807) is 0 Å². The van der Waals surface area contributed by atoms with Gasteiger partial charge in [-0.1, -0.05) is 31.2 Å². The number of para-hydroxylation sites is 1. The van der Waals surface area contributed by atoms with Gasteiger partial charge in [0.1, 0.15) is 0 Å². The molecule has 1 aromatic carbocycles. The first-order valence-electron chi connectivity index (χ1n) is 7.28. The average Bonchev–Trinajstić information content (AvgIpc) is 2.56. The summed E-state index contributed by atoms with van der Waals surface area (Å²) in [5.41, 5.74) is 4.80. The predicted octanol–water partition coefficient (Wildman–Crippen LogP) is 3.50. The highest BCUT2D eigenvalue weighted by Gasteiger charge is 2.17. The summed E-state index contributed by atoms with van der Waals surface area (Å²) in [5.74, 6) is 0. The first kappa shape index (κ1) is 13.7. The van der Waals surface area contributed by atoms with Crippen LogP contribution in [-0.4, -0.2) is 17.0 Å². The van der Waals surface area contributed by atoms with Gasteiger partial charge in [0.2, 0.25) is 0 Å². The Kier molecular flexibility index (Phi) is 3.93. The van der Waals surface area contributed by atoms with Crippen LogP contribution in [0.5, 0.6) is 0 Å². The van der Waals surface area contributed by atoms with Crippen molar-refractivity contribution in [2.24, 2.45) is 0 Å². The molecule has 0 saturated heterocycles. The van der Waals surface area contributed by atoms with E-state index in [-0.39, 0.29) is 6.04 Å². The molecule has 1 atom stereocenters. The van der Waals surface area contributed by atoms with Crippen LogP contribution in [0.4, 0.5) is 0 Å². The Balaban J connectivity index is 2.19. The lowest BCUT2D eigenvalue weighted by molar-refractivity contribution is 0.686. The molecule has 2 aromatic heterocycles. The standard InChI is InChI=1S/C18H19N3/c1-3-13-12-20-11-9-15(13)18(19-2)16-8-4-6-14-7-5-10-21-17(14)16/h4-12,18-19H,3H2,1-2H3. The van der Waals surface area contributed by atoms with E-state index < -0.39 is 0 Å². The van der Waals surface area contributed by atoms with Gasteiger partial charge >= 0.3 is 0 Å². The fraction of sp³-hybridized carbons (Fsp3) is 0.222. The third kappa shape index (κ3) is 2.52. The van der Waals surface area contributed by atoms with Gasteiger partial charge in [0.05, 0.1) is 11.6 Å². The van der Waals surface area contributed by atoms with Gasteiger partial charge in [-0.3, -0.25) is 9.97 Å². The Bertz CT molecular complexity index is 747. The van der Waals surface area contributed by atoms with Gasteiger partial charge in [-0.05, 0) is 42.3 Å². The molecular weight excluding hydrogens is 258 g/mol. The van der Waals surface area contributed by atoms with Gasteiger partial charge in [0.15, 0.2) is 0 Å². The number of nitrogens with zero attached hydrogens (tertiary/aromatic N) is 2. The summed E-state index contributed by atoms with van der Waals surface area (Å²) in [6, 6.07) is 12.7. The molecule has 3 nitrogen and oxygen atoms in total. The third-order valence-corrected chi connectivity index (χ3v) is 3.90. The first-order valence-corrected chi connectivity index (χ1v) is 7.28. The van der Waals surface area contributed by atoms with Crippen LogP contribution in [0.2, 0.25) is 0 Å². The number of benzene rings is 1. The second kappa shape index (κ2) is 6.02. The molecule has 0 amide bonds. The fourth-order valence-electron chi connectivity index (χ4n) is 2.85. The quantitative estimate of drug-likeness (QED) is 0.793. The zero-order valence-electron chi connectivity index (χ0n) is 12.4. The van der Waals surface area contributed by atoms with Gasteiger partial charge in [-0.25, -0.2) is 0 Å². The van der Waals surface area contributed by atoms with Crippen LogP contribution in [0.25, 0.3) is 10.9 Å². The molecule has 0 fully saturated rings. The van der Waals surface area contributed by atoms with Crippen molar-refractivity contribution in [3.8, 4) is 0 Å². The van der Waals surface area contributed by atoms with Crippen molar-refractivity contribution >= 4 is 10.9 Å². The molecule has 0 aliphatic heterocycles. The number of hydrogen-bond acceptors (Lipinski definition) is 3. The number of hydrogen-bond donors (Lipinski definition) is 1. The molecule has 2 heterocycles. The molecule has 0 bridgehead atoms. The van der Waals surface area contributed by atoms with Gasteiger partial charge in [0, 0.05) is 24.0 Å². The third-order valence-electron chi connectivity index (χ3n) is 3.90. The molecule has 0 radical (unpaired) electrons. The summed E-state index contributed by atoms with van der Waals surface area (Å²) in [7, 11) is 1.99. The summed E-state index contributed by atoms with van der Waals surface area (Å²) < 4.78 is 0. The second-order valence-electron chi connectivity index (χ2n) is 5.07. The van der Waals surface area contributed by atoms with Crippen LogP contribution in [0.1, 0.15) is 29.7 Å². The number of aryl methyl sites for hydroxylation is 1. The molecule has 1 unspecified atom stereocenters. The maximum atomic E-state index is 4.58. The zero-order chi connectivity index (χ0) is 14.7. The van der Waals surface area contributed by atoms with Crippen molar-refractivity contribution in [2.45, 2.75) is 19.4 Å². The van der Waals surface area contributed by atoms with E-state index in [0.29, 0.717) is 0 Å². The Hall–Kier alpha value is -2.26. The van der Waals surface area contributed by atoms with Gasteiger partial charge in [0.25, 0.3) is 0 Å². The minimum absolute atomic E-state index is 0.126. The van der Waals surface area contributed by atoms with Gasteiger partial charge < -0.3 is 5.32 Å². The number of pyridine rings is 2. The number of aromatic nitrogens is 2. The molecule has 0 spiro atoms. The summed E-state index contributed by atoms with van der Waals surface area (Å²) >= 11 is 0. The molecule has 3 aromatic rings. The largest absolute Gasteiger partial charge is 0.309 e. The number of fused-ring (bicyclic) bond motifs is 1. The monoisotopic (exact) mass is 277 g/mol. The lowest BCUT2D eigenvalue weighted by Crippen LogP contribution is -2.19. The molecule has 3 heteroatoms. The molecule has 0 aliphatic carbocycles. The lowest BCUT2D eigenvalue weighted by atomic mass is 9.93. The second-order valence-corrected chi connectivity index (χ2v) is 5.07. The smallest absolute Gasteiger partial charge is 0.0753 e. The van der Waals surface area contributed by atoms with E-state index in [4.69, 9.17) is 0 Å². The maximum absolute atomic E-state index is 4.58. The normalized spacial score (nSPS) is 12.5. The Morgan fingerprint density at radius 3 is 2.71 bits per heavy atom. The molecular formula is C18H19N3. The average molecular weight is 277 g/mol. The van der Waals surface area contributed by atoms with Crippen molar-refractivity contribution in [3.63, 3.8) is 0 Å². The SMILES string of the molecule is CCc1cnccc1C(NC)c1cccc2cccnc12. The summed E-state index contributed by atoms with van der Waals surface area (Å²) in [6.45, 7) is 2.16. The first-order chi connectivity index (χ1) is 10.3. The van der Waals surface area contributed by atoms with E-state index in [2.05, 4.69) is 52.5 Å². The van der Waals surface area contributed by atoms with Crippen LogP contribution >= 0.6 is 0 Å². The summed E-state index contributed by atoms with van der Waals surface area (Å²) in [4.78, 5) is 8.82. The molecule has 3 rings (SSSR count). The maximum Gasteiger partial charge on any atom is 0.0753 e. The Labute approximate surface area is 125 Å². The van der Waals surface area contributed by atoms with E-state index in [9.17, 15) is 0 Å². The highest BCUT2D eigenvalue weighted by atomic mass is 14.9. The van der Waals surface area contributed by atoms with Gasteiger partial charge in [-0.15, -0.1) is 0 Å². The van der Waals surface area contributed by atoms with Crippen LogP contribution in [0.15, 0.2) is 55.0 Å². The molecule has 0 saturated carbocycles. The van der Waals surface area contributed by atoms with Crippen LogP contribution in [-0.2, 0) is 6.42 Å². The van der Waals surface area contributed by atoms with Gasteiger partial charge in [-0.2, -0.15) is 0 Å². The van der Waals surface area contributed by atoms with E-state index in [1.165, 1.54) is 22.1 Å². The molecule has 0 aliphatic rings. The predicted molar refractivity (Wildman–Crippen MR) is 86.3 cm³/mol. The van der Waals surface area contributed by atoms with Crippen LogP contribution in [0, 0.1) is 0 Å². The minimum Gasteiger partial charge on any atom is -0.309 e. The van der Waals surface area contributed by atoms with Crippen molar-refractivity contribution in [1.82, 2.24) is 15.3 Å². The van der Waals surface area contributed by atoms with Crippen molar-refractivity contribution in [2.75, 3.05) is 7.05 Å². The lowest BCUT2D eigenvalue weighted by Gasteiger charge is -2.21. The minimum atomic E-state index is 0.126. The van der Waals surface area contributed by atoms with Crippen molar-refractivity contribution in [1.29, 1.82) is 0 Å². The van der Waals surface area contributed by atoms with Crippen LogP contribution in [0.3, 0.4) is 0 Å². The fourth-order valence-corrected chi connectivity index (χ4v) is 2.85. The summed E-state index contributed by atoms with van der Waals surface area (Å²) in [6.07, 6.45) is 6.64. The number of rotatable bonds is 4. The molecule has 1 N–H and O–H groups in total. The molecule has 21 heavy (non-hydrogen) atoms.